The van der Waals surface area contributed by atoms with Crippen molar-refractivity contribution in [2.75, 3.05) is 14.2 Å². The Hall–Kier alpha value is -4.32. The number of nitrogens with zero attached hydrogens (tertiary/aromatic N) is 2. The molecule has 34 heavy (non-hydrogen) atoms. The van der Waals surface area contributed by atoms with Crippen LogP contribution in [0.25, 0.3) is 17.0 Å². The van der Waals surface area contributed by atoms with Crippen LogP contribution in [0.5, 0.6) is 5.75 Å². The Balaban J connectivity index is 1.64. The van der Waals surface area contributed by atoms with Crippen LogP contribution >= 0.6 is 0 Å². The van der Waals surface area contributed by atoms with Gasteiger partial charge in [-0.1, -0.05) is 18.2 Å². The Labute approximate surface area is 197 Å². The molecule has 6 heteroatoms. The number of hydrogen-bond acceptors (Lipinski definition) is 4. The predicted octanol–water partition coefficient (Wildman–Crippen LogP) is 5.66. The number of fused-ring (bicyclic) bond motifs is 1. The lowest BCUT2D eigenvalue weighted by Gasteiger charge is -2.09. The number of aromatic nitrogens is 2. The lowest BCUT2D eigenvalue weighted by atomic mass is 10.2. The monoisotopic (exact) mass is 451 g/mol. The van der Waals surface area contributed by atoms with Crippen LogP contribution in [0.3, 0.4) is 0 Å². The molecule has 4 aromatic rings. The highest BCUT2D eigenvalue weighted by atomic mass is 16.5. The van der Waals surface area contributed by atoms with Crippen LogP contribution in [-0.2, 0) is 4.74 Å². The number of aliphatic imine (C=N–C) groups is 1. The topological polar surface area (TPSA) is 68.6 Å². The van der Waals surface area contributed by atoms with Crippen LogP contribution in [0.1, 0.15) is 33.0 Å². The first-order chi connectivity index (χ1) is 16.5. The molecule has 5 rings (SSSR count). The second kappa shape index (κ2) is 8.56. The van der Waals surface area contributed by atoms with Crippen LogP contribution in [0.4, 0.5) is 0 Å². The Morgan fingerprint density at radius 3 is 2.44 bits per heavy atom. The summed E-state index contributed by atoms with van der Waals surface area (Å²) >= 11 is 0. The summed E-state index contributed by atoms with van der Waals surface area (Å²) in [5, 5.41) is 0.961. The van der Waals surface area contributed by atoms with Gasteiger partial charge in [-0.3, -0.25) is 9.36 Å². The first-order valence-electron chi connectivity index (χ1n) is 11.0. The van der Waals surface area contributed by atoms with Crippen molar-refractivity contribution in [2.45, 2.75) is 13.8 Å². The molecule has 2 aromatic heterocycles. The van der Waals surface area contributed by atoms with E-state index >= 15 is 0 Å². The minimum Gasteiger partial charge on any atom is -0.497 e. The largest absolute Gasteiger partial charge is 0.497 e. The van der Waals surface area contributed by atoms with Gasteiger partial charge in [-0.05, 0) is 68.0 Å². The van der Waals surface area contributed by atoms with E-state index in [1.165, 1.54) is 0 Å². The number of methoxy groups -OCH3 is 2. The fourth-order valence-electron chi connectivity index (χ4n) is 4.27. The number of para-hydroxylation sites is 1. The van der Waals surface area contributed by atoms with E-state index in [1.807, 2.05) is 49.4 Å². The zero-order valence-electron chi connectivity index (χ0n) is 19.5. The molecule has 1 aliphatic rings. The SMILES string of the molecule is COC1=CC(c2cc3ccccc3n2C(=O)c2ccc(OC)cc2)=N/C1=C\c1[nH]c(C)cc1C. The summed E-state index contributed by atoms with van der Waals surface area (Å²) in [6, 6.07) is 19.0. The third kappa shape index (κ3) is 3.73. The van der Waals surface area contributed by atoms with Crippen molar-refractivity contribution in [1.29, 1.82) is 0 Å². The van der Waals surface area contributed by atoms with Gasteiger partial charge in [-0.2, -0.15) is 0 Å². The van der Waals surface area contributed by atoms with Crippen molar-refractivity contribution in [3.8, 4) is 5.75 Å². The van der Waals surface area contributed by atoms with E-state index < -0.39 is 0 Å². The second-order valence-electron chi connectivity index (χ2n) is 8.25. The number of ether oxygens (including phenoxy) is 2. The summed E-state index contributed by atoms with van der Waals surface area (Å²) in [7, 11) is 3.23. The van der Waals surface area contributed by atoms with Crippen LogP contribution in [-0.4, -0.2) is 35.4 Å². The summed E-state index contributed by atoms with van der Waals surface area (Å²) in [6.45, 7) is 4.08. The molecule has 1 N–H and O–H groups in total. The molecule has 0 spiro atoms. The molecule has 0 unspecified atom stereocenters. The number of carbonyl (C=O) groups excluding carboxylic acids is 1. The standard InChI is InChI=1S/C28H25N3O3/c1-17-13-18(2)29-22(17)15-24-27(34-4)16-23(30-24)26-14-20-7-5-6-8-25(20)31(26)28(32)19-9-11-21(33-3)12-10-19/h5-16,29H,1-4H3/b24-15-. The molecule has 0 atom stereocenters. The molecule has 2 aromatic carbocycles. The lowest BCUT2D eigenvalue weighted by Crippen LogP contribution is -2.17. The zero-order chi connectivity index (χ0) is 23.8. The number of aromatic amines is 1. The first-order valence-corrected chi connectivity index (χ1v) is 11.0. The van der Waals surface area contributed by atoms with Gasteiger partial charge in [-0.15, -0.1) is 0 Å². The Morgan fingerprint density at radius 1 is 1.00 bits per heavy atom. The fourth-order valence-corrected chi connectivity index (χ4v) is 4.27. The second-order valence-corrected chi connectivity index (χ2v) is 8.25. The molecule has 0 radical (unpaired) electrons. The van der Waals surface area contributed by atoms with Gasteiger partial charge in [0.2, 0.25) is 0 Å². The molecule has 0 fully saturated rings. The Morgan fingerprint density at radius 2 is 1.76 bits per heavy atom. The summed E-state index contributed by atoms with van der Waals surface area (Å²) in [4.78, 5) is 21.9. The zero-order valence-corrected chi connectivity index (χ0v) is 19.5. The highest BCUT2D eigenvalue weighted by molar-refractivity contribution is 6.17. The predicted molar refractivity (Wildman–Crippen MR) is 135 cm³/mol. The maximum atomic E-state index is 13.7. The maximum absolute atomic E-state index is 13.7. The smallest absolute Gasteiger partial charge is 0.262 e. The van der Waals surface area contributed by atoms with Crippen molar-refractivity contribution in [2.24, 2.45) is 4.99 Å². The van der Waals surface area contributed by atoms with E-state index in [-0.39, 0.29) is 5.91 Å². The normalized spacial score (nSPS) is 14.4. The number of H-pyrrole nitrogens is 1. The molecule has 0 amide bonds. The molecule has 3 heterocycles. The average Bonchev–Trinajstić information content (AvgIpc) is 3.53. The van der Waals surface area contributed by atoms with Crippen molar-refractivity contribution < 1.29 is 14.3 Å². The van der Waals surface area contributed by atoms with Gasteiger partial charge < -0.3 is 14.5 Å². The van der Waals surface area contributed by atoms with Crippen molar-refractivity contribution in [3.05, 3.63) is 106 Å². The van der Waals surface area contributed by atoms with E-state index in [2.05, 4.69) is 18.0 Å². The van der Waals surface area contributed by atoms with Gasteiger partial charge >= 0.3 is 0 Å². The Kier molecular flexibility index (Phi) is 5.42. The molecule has 6 nitrogen and oxygen atoms in total. The van der Waals surface area contributed by atoms with Crippen molar-refractivity contribution in [3.63, 3.8) is 0 Å². The summed E-state index contributed by atoms with van der Waals surface area (Å²) in [5.41, 5.74) is 6.66. The van der Waals surface area contributed by atoms with Crippen LogP contribution in [0, 0.1) is 13.8 Å². The van der Waals surface area contributed by atoms with E-state index in [9.17, 15) is 4.79 Å². The molecule has 0 saturated carbocycles. The van der Waals surface area contributed by atoms with Gasteiger partial charge in [0.1, 0.15) is 17.2 Å². The van der Waals surface area contributed by atoms with E-state index in [0.717, 1.165) is 27.9 Å². The van der Waals surface area contributed by atoms with Gasteiger partial charge in [-0.25, -0.2) is 4.99 Å². The number of aryl methyl sites for hydroxylation is 2. The van der Waals surface area contributed by atoms with E-state index in [0.29, 0.717) is 34.2 Å². The number of rotatable bonds is 5. The number of benzene rings is 2. The average molecular weight is 452 g/mol. The van der Waals surface area contributed by atoms with Crippen molar-refractivity contribution in [1.82, 2.24) is 9.55 Å². The number of nitrogens with one attached hydrogen (secondary N) is 1. The molecule has 0 aliphatic carbocycles. The molecule has 0 saturated heterocycles. The van der Waals surface area contributed by atoms with Gasteiger partial charge in [0.15, 0.2) is 0 Å². The van der Waals surface area contributed by atoms with E-state index in [4.69, 9.17) is 14.5 Å². The number of hydrogen-bond donors (Lipinski definition) is 1. The molecular formula is C28H25N3O3. The minimum absolute atomic E-state index is 0.137. The van der Waals surface area contributed by atoms with Gasteiger partial charge in [0.25, 0.3) is 5.91 Å². The van der Waals surface area contributed by atoms with Crippen LogP contribution < -0.4 is 4.74 Å². The summed E-state index contributed by atoms with van der Waals surface area (Å²) in [5.74, 6) is 1.21. The van der Waals surface area contributed by atoms with Gasteiger partial charge in [0, 0.05) is 28.4 Å². The highest BCUT2D eigenvalue weighted by Crippen LogP contribution is 2.29. The van der Waals surface area contributed by atoms with Crippen molar-refractivity contribution >= 4 is 28.6 Å². The summed E-state index contributed by atoms with van der Waals surface area (Å²) < 4.78 is 12.6. The fraction of sp³-hybridized carbons (Fsp3) is 0.143. The lowest BCUT2D eigenvalue weighted by molar-refractivity contribution is 0.0964. The molecular weight excluding hydrogens is 426 g/mol. The maximum Gasteiger partial charge on any atom is 0.262 e. The minimum atomic E-state index is -0.137. The van der Waals surface area contributed by atoms with Gasteiger partial charge in [0.05, 0.1) is 31.1 Å². The first kappa shape index (κ1) is 21.5. The van der Waals surface area contributed by atoms with Crippen LogP contribution in [0.2, 0.25) is 0 Å². The quantitative estimate of drug-likeness (QED) is 0.426. The molecule has 0 bridgehead atoms. The van der Waals surface area contributed by atoms with Crippen LogP contribution in [0.15, 0.2) is 83.2 Å². The Bertz CT molecular complexity index is 1500. The van der Waals surface area contributed by atoms with E-state index in [1.54, 1.807) is 43.1 Å². The highest BCUT2D eigenvalue weighted by Gasteiger charge is 2.24. The third-order valence-corrected chi connectivity index (χ3v) is 5.97. The molecule has 170 valence electrons. The number of allylic oxidation sites excluding steroid dienone is 1. The molecule has 1 aliphatic heterocycles. The third-order valence-electron chi connectivity index (χ3n) is 5.97. The number of carbonyl (C=O) groups is 1. The summed E-state index contributed by atoms with van der Waals surface area (Å²) in [6.07, 6.45) is 3.85.